The Labute approximate surface area is 562 Å². The predicted molar refractivity (Wildman–Crippen MR) is 372 cm³/mol. The molecule has 0 aliphatic rings. The van der Waals surface area contributed by atoms with Crippen LogP contribution in [-0.2, 0) is 65.4 Å². The van der Waals surface area contributed by atoms with E-state index in [2.05, 4.69) is 34.6 Å². The molecule has 0 saturated carbocycles. The quantitative estimate of drug-likeness (QED) is 0.0222. The molecule has 0 aliphatic carbocycles. The zero-order valence-corrected chi connectivity index (χ0v) is 61.5. The number of aliphatic hydroxyl groups excluding tert-OH is 1. The lowest BCUT2D eigenvalue weighted by Crippen LogP contribution is -2.30. The summed E-state index contributed by atoms with van der Waals surface area (Å²) in [6, 6.07) is 0. The lowest BCUT2D eigenvalue weighted by atomic mass is 10.0. The molecule has 2 unspecified atom stereocenters. The van der Waals surface area contributed by atoms with E-state index in [1.165, 1.54) is 193 Å². The molecule has 5 atom stereocenters. The van der Waals surface area contributed by atoms with Gasteiger partial charge in [-0.2, -0.15) is 0 Å². The average Bonchev–Trinajstić information content (AvgIpc) is 3.65. The number of rotatable bonds is 73. The van der Waals surface area contributed by atoms with Crippen LogP contribution in [0.5, 0.6) is 0 Å². The van der Waals surface area contributed by atoms with E-state index < -0.39 is 97.5 Å². The zero-order chi connectivity index (χ0) is 67.7. The first-order valence-corrected chi connectivity index (χ1v) is 41.1. The van der Waals surface area contributed by atoms with Gasteiger partial charge in [0, 0.05) is 25.7 Å². The van der Waals surface area contributed by atoms with Crippen LogP contribution in [-0.4, -0.2) is 96.7 Å². The van der Waals surface area contributed by atoms with E-state index in [4.69, 9.17) is 37.0 Å². The van der Waals surface area contributed by atoms with E-state index in [0.717, 1.165) is 109 Å². The van der Waals surface area contributed by atoms with E-state index in [-0.39, 0.29) is 25.7 Å². The minimum atomic E-state index is -4.95. The molecular weight excluding hydrogens is 1210 g/mol. The van der Waals surface area contributed by atoms with Crippen molar-refractivity contribution in [1.29, 1.82) is 0 Å². The van der Waals surface area contributed by atoms with E-state index in [0.29, 0.717) is 25.7 Å². The van der Waals surface area contributed by atoms with Gasteiger partial charge in [-0.25, -0.2) is 9.13 Å². The van der Waals surface area contributed by atoms with Crippen molar-refractivity contribution < 1.29 is 80.2 Å². The molecule has 0 spiro atoms. The van der Waals surface area contributed by atoms with Gasteiger partial charge in [-0.05, 0) is 31.6 Å². The van der Waals surface area contributed by atoms with Gasteiger partial charge in [-0.1, -0.05) is 330 Å². The molecule has 0 aromatic heterocycles. The van der Waals surface area contributed by atoms with Crippen LogP contribution in [0.3, 0.4) is 0 Å². The van der Waals surface area contributed by atoms with Crippen LogP contribution >= 0.6 is 15.6 Å². The van der Waals surface area contributed by atoms with E-state index in [9.17, 15) is 43.2 Å². The molecule has 0 aromatic carbocycles. The monoisotopic (exact) mass is 1350 g/mol. The van der Waals surface area contributed by atoms with Crippen molar-refractivity contribution in [3.05, 3.63) is 0 Å². The number of aliphatic hydroxyl groups is 1. The first kappa shape index (κ1) is 90.1. The van der Waals surface area contributed by atoms with Crippen LogP contribution < -0.4 is 0 Å². The standard InChI is InChI=1S/C73H142O17P2/c1-6-9-12-15-18-21-22-23-24-25-29-32-35-38-43-47-52-57-71(76)84-63-69(90-73(78)59-54-49-44-39-36-33-30-27-26-28-31-34-37-40-45-50-55-66(4)5)65-88-92(81,82)86-61-67(74)60-85-91(79,80)87-64-68(89-72(77)58-53-48-42-20-17-14-11-8-3)62-83-70(75)56-51-46-41-19-16-13-10-7-2/h66-69,74H,6-65H2,1-5H3,(H,79,80)(H,81,82)/t67-,68+,69+/m0/s1. The van der Waals surface area contributed by atoms with Crippen molar-refractivity contribution in [2.75, 3.05) is 39.6 Å². The highest BCUT2D eigenvalue weighted by atomic mass is 31.2. The summed E-state index contributed by atoms with van der Waals surface area (Å²) in [4.78, 5) is 72.5. The van der Waals surface area contributed by atoms with Gasteiger partial charge >= 0.3 is 39.5 Å². The summed E-state index contributed by atoms with van der Waals surface area (Å²) in [6.45, 7) is 7.24. The zero-order valence-electron chi connectivity index (χ0n) is 59.7. The molecule has 0 heterocycles. The lowest BCUT2D eigenvalue weighted by molar-refractivity contribution is -0.161. The van der Waals surface area contributed by atoms with Crippen LogP contribution in [0.25, 0.3) is 0 Å². The first-order valence-electron chi connectivity index (χ1n) is 38.1. The Kier molecular flexibility index (Phi) is 64.9. The van der Waals surface area contributed by atoms with Gasteiger partial charge in [-0.15, -0.1) is 0 Å². The molecule has 3 N–H and O–H groups in total. The Morgan fingerprint density at radius 2 is 0.500 bits per heavy atom. The van der Waals surface area contributed by atoms with E-state index >= 15 is 0 Å². The summed E-state index contributed by atoms with van der Waals surface area (Å²) in [5.41, 5.74) is 0. The van der Waals surface area contributed by atoms with Crippen LogP contribution in [0.15, 0.2) is 0 Å². The molecule has 0 bridgehead atoms. The third kappa shape index (κ3) is 66.7. The van der Waals surface area contributed by atoms with Crippen LogP contribution in [0.1, 0.15) is 381 Å². The van der Waals surface area contributed by atoms with Crippen molar-refractivity contribution in [2.45, 2.75) is 400 Å². The lowest BCUT2D eigenvalue weighted by Gasteiger charge is -2.21. The fourth-order valence-corrected chi connectivity index (χ4v) is 12.8. The highest BCUT2D eigenvalue weighted by molar-refractivity contribution is 7.47. The Hall–Kier alpha value is -1.94. The number of hydrogen-bond donors (Lipinski definition) is 3. The normalized spacial score (nSPS) is 14.0. The Balaban J connectivity index is 5.16. The van der Waals surface area contributed by atoms with Gasteiger partial charge in [0.2, 0.25) is 0 Å². The van der Waals surface area contributed by atoms with Crippen molar-refractivity contribution in [1.82, 2.24) is 0 Å². The topological polar surface area (TPSA) is 237 Å². The second-order valence-electron chi connectivity index (χ2n) is 26.8. The van der Waals surface area contributed by atoms with Gasteiger partial charge in [0.1, 0.15) is 19.3 Å². The number of esters is 4. The Morgan fingerprint density at radius 1 is 0.293 bits per heavy atom. The molecule has 17 nitrogen and oxygen atoms in total. The van der Waals surface area contributed by atoms with Crippen molar-refractivity contribution in [3.63, 3.8) is 0 Å². The number of phosphoric ester groups is 2. The molecule has 0 rings (SSSR count). The van der Waals surface area contributed by atoms with Crippen molar-refractivity contribution in [2.24, 2.45) is 5.92 Å². The molecule has 19 heteroatoms. The summed E-state index contributed by atoms with van der Waals surface area (Å²) in [6.07, 6.45) is 54.3. The molecule has 92 heavy (non-hydrogen) atoms. The minimum Gasteiger partial charge on any atom is -0.462 e. The summed E-state index contributed by atoms with van der Waals surface area (Å²) in [7, 11) is -9.89. The van der Waals surface area contributed by atoms with Gasteiger partial charge in [0.15, 0.2) is 12.2 Å². The largest absolute Gasteiger partial charge is 0.472 e. The first-order chi connectivity index (χ1) is 44.5. The number of carbonyl (C=O) groups is 4. The maximum Gasteiger partial charge on any atom is 0.472 e. The van der Waals surface area contributed by atoms with Crippen molar-refractivity contribution >= 4 is 39.5 Å². The smallest absolute Gasteiger partial charge is 0.462 e. The minimum absolute atomic E-state index is 0.105. The number of unbranched alkanes of at least 4 members (excludes halogenated alkanes) is 45. The average molecular weight is 1350 g/mol. The SMILES string of the molecule is CCCCCCCCCCCCCCCCCCCC(=O)OC[C@H](COP(=O)(O)OC[C@@H](O)COP(=O)(O)OC[C@@H](COC(=O)CCCCCCCCCC)OC(=O)CCCCCCCCCC)OC(=O)CCCCCCCCCCCCCCCCCCC(C)C. The molecule has 546 valence electrons. The third-order valence-electron chi connectivity index (χ3n) is 17.0. The number of phosphoric acid groups is 2. The van der Waals surface area contributed by atoms with E-state index in [1.807, 2.05) is 0 Å². The van der Waals surface area contributed by atoms with Gasteiger partial charge < -0.3 is 33.8 Å². The Bertz CT molecular complexity index is 1770. The molecule has 0 aromatic rings. The molecule has 0 radical (unpaired) electrons. The maximum absolute atomic E-state index is 13.1. The molecular formula is C73H142O17P2. The number of ether oxygens (including phenoxy) is 4. The van der Waals surface area contributed by atoms with Crippen LogP contribution in [0, 0.1) is 5.92 Å². The summed E-state index contributed by atoms with van der Waals surface area (Å²) >= 11 is 0. The van der Waals surface area contributed by atoms with Gasteiger partial charge in [0.25, 0.3) is 0 Å². The molecule has 0 fully saturated rings. The fraction of sp³-hybridized carbons (Fsp3) is 0.945. The number of hydrogen-bond acceptors (Lipinski definition) is 15. The maximum atomic E-state index is 13.1. The van der Waals surface area contributed by atoms with Gasteiger partial charge in [-0.3, -0.25) is 37.3 Å². The second kappa shape index (κ2) is 66.3. The van der Waals surface area contributed by atoms with Crippen LogP contribution in [0.4, 0.5) is 0 Å². The third-order valence-corrected chi connectivity index (χ3v) is 18.9. The summed E-state index contributed by atoms with van der Waals surface area (Å²) < 4.78 is 68.2. The highest BCUT2D eigenvalue weighted by Crippen LogP contribution is 2.45. The molecule has 0 aliphatic heterocycles. The predicted octanol–water partition coefficient (Wildman–Crippen LogP) is 21.3. The fourth-order valence-electron chi connectivity index (χ4n) is 11.2. The molecule has 0 amide bonds. The van der Waals surface area contributed by atoms with E-state index in [1.54, 1.807) is 0 Å². The second-order valence-corrected chi connectivity index (χ2v) is 29.7. The Morgan fingerprint density at radius 3 is 0.739 bits per heavy atom. The summed E-state index contributed by atoms with van der Waals surface area (Å²) in [5, 5.41) is 10.6. The van der Waals surface area contributed by atoms with Gasteiger partial charge in [0.05, 0.1) is 26.4 Å². The van der Waals surface area contributed by atoms with Crippen molar-refractivity contribution in [3.8, 4) is 0 Å². The number of carbonyl (C=O) groups excluding carboxylic acids is 4. The highest BCUT2D eigenvalue weighted by Gasteiger charge is 2.30. The van der Waals surface area contributed by atoms with Crippen LogP contribution in [0.2, 0.25) is 0 Å². The molecule has 0 saturated heterocycles. The summed E-state index contributed by atoms with van der Waals surface area (Å²) in [5.74, 6) is -1.31.